The minimum absolute atomic E-state index is 0.0239. The van der Waals surface area contributed by atoms with Gasteiger partial charge >= 0.3 is 5.97 Å². The highest BCUT2D eigenvalue weighted by Crippen LogP contribution is 2.37. The Balaban J connectivity index is 2.02. The zero-order valence-electron chi connectivity index (χ0n) is 15.7. The first-order valence-electron chi connectivity index (χ1n) is 9.08. The molecule has 0 aromatic heterocycles. The van der Waals surface area contributed by atoms with Gasteiger partial charge in [0.1, 0.15) is 11.6 Å². The Bertz CT molecular complexity index is 922. The normalized spacial score (nSPS) is 17.1. The number of nitrogens with zero attached hydrogens (tertiary/aromatic N) is 1. The quantitative estimate of drug-likeness (QED) is 0.721. The summed E-state index contributed by atoms with van der Waals surface area (Å²) in [6.45, 7) is 3.79. The number of rotatable bonds is 5. The van der Waals surface area contributed by atoms with Crippen molar-refractivity contribution in [3.63, 3.8) is 0 Å². The Labute approximate surface area is 162 Å². The molecule has 0 aliphatic carbocycles. The summed E-state index contributed by atoms with van der Waals surface area (Å²) in [6.07, 6.45) is 0.0239. The minimum Gasteiger partial charge on any atom is -0.463 e. The molecule has 2 aromatic carbocycles. The Morgan fingerprint density at radius 3 is 2.50 bits per heavy atom. The van der Waals surface area contributed by atoms with Crippen molar-refractivity contribution < 1.29 is 23.1 Å². The largest absolute Gasteiger partial charge is 0.463 e. The van der Waals surface area contributed by atoms with Crippen LogP contribution in [0.1, 0.15) is 37.3 Å². The van der Waals surface area contributed by atoms with E-state index in [0.29, 0.717) is 16.8 Å². The van der Waals surface area contributed by atoms with Gasteiger partial charge in [0.2, 0.25) is 5.91 Å². The summed E-state index contributed by atoms with van der Waals surface area (Å²) in [4.78, 5) is 27.0. The summed E-state index contributed by atoms with van der Waals surface area (Å²) in [5, 5.41) is 0. The van der Waals surface area contributed by atoms with Crippen LogP contribution in [0.2, 0.25) is 0 Å². The molecule has 1 aliphatic heterocycles. The summed E-state index contributed by atoms with van der Waals surface area (Å²) in [5.74, 6) is -2.08. The van der Waals surface area contributed by atoms with Gasteiger partial charge in [-0.1, -0.05) is 24.3 Å². The van der Waals surface area contributed by atoms with E-state index in [9.17, 15) is 18.4 Å². The van der Waals surface area contributed by atoms with Crippen LogP contribution in [0.5, 0.6) is 0 Å². The second-order valence-electron chi connectivity index (χ2n) is 6.64. The number of halogens is 2. The van der Waals surface area contributed by atoms with Gasteiger partial charge in [0.05, 0.1) is 18.7 Å². The molecule has 3 rings (SSSR count). The average molecular weight is 385 g/mol. The topological polar surface area (TPSA) is 46.6 Å². The molecule has 0 fully saturated rings. The van der Waals surface area contributed by atoms with E-state index in [2.05, 4.69) is 0 Å². The number of ether oxygens (including phenoxy) is 1. The first kappa shape index (κ1) is 19.7. The Morgan fingerprint density at radius 2 is 1.86 bits per heavy atom. The first-order chi connectivity index (χ1) is 13.4. The monoisotopic (exact) mass is 385 g/mol. The molecular formula is C22H21F2NO3. The van der Waals surface area contributed by atoms with Gasteiger partial charge in [-0.25, -0.2) is 13.6 Å². The van der Waals surface area contributed by atoms with Gasteiger partial charge in [0, 0.05) is 18.0 Å². The number of esters is 1. The lowest BCUT2D eigenvalue weighted by atomic mass is 9.83. The van der Waals surface area contributed by atoms with Gasteiger partial charge in [-0.05, 0) is 49.2 Å². The number of allylic oxidation sites excluding steroid dienone is 1. The van der Waals surface area contributed by atoms with E-state index in [4.69, 9.17) is 4.74 Å². The molecule has 0 saturated heterocycles. The van der Waals surface area contributed by atoms with Gasteiger partial charge in [0.25, 0.3) is 0 Å². The molecule has 146 valence electrons. The Kier molecular flexibility index (Phi) is 5.87. The number of benzene rings is 2. The van der Waals surface area contributed by atoms with Crippen molar-refractivity contribution in [1.29, 1.82) is 0 Å². The standard InChI is InChI=1S/C22H21F2NO3/c1-3-28-22(27)21-14(2)25(13-15-7-9-17(23)10-8-15)20(26)12-19(21)16-5-4-6-18(24)11-16/h4-11,19H,3,12-13H2,1-2H3/t19-/m1/s1. The number of carbonyl (C=O) groups is 2. The summed E-state index contributed by atoms with van der Waals surface area (Å²) in [6, 6.07) is 11.7. The Hall–Kier alpha value is -3.02. The van der Waals surface area contributed by atoms with E-state index >= 15 is 0 Å². The fourth-order valence-corrected chi connectivity index (χ4v) is 3.46. The maximum absolute atomic E-state index is 13.7. The van der Waals surface area contributed by atoms with Crippen LogP contribution in [0.3, 0.4) is 0 Å². The molecule has 0 unspecified atom stereocenters. The summed E-state index contributed by atoms with van der Waals surface area (Å²) >= 11 is 0. The van der Waals surface area contributed by atoms with Gasteiger partial charge in [-0.15, -0.1) is 0 Å². The van der Waals surface area contributed by atoms with Crippen molar-refractivity contribution in [1.82, 2.24) is 4.90 Å². The van der Waals surface area contributed by atoms with E-state index in [1.54, 1.807) is 38.1 Å². The molecule has 0 N–H and O–H groups in total. The molecule has 0 spiro atoms. The van der Waals surface area contributed by atoms with Crippen LogP contribution in [0.4, 0.5) is 8.78 Å². The molecule has 0 bridgehead atoms. The third-order valence-electron chi connectivity index (χ3n) is 4.82. The van der Waals surface area contributed by atoms with Crippen molar-refractivity contribution in [2.75, 3.05) is 6.61 Å². The third kappa shape index (κ3) is 4.11. The molecule has 0 saturated carbocycles. The molecule has 1 amide bonds. The van der Waals surface area contributed by atoms with Gasteiger partial charge < -0.3 is 9.64 Å². The average Bonchev–Trinajstić information content (AvgIpc) is 2.66. The number of hydrogen-bond acceptors (Lipinski definition) is 3. The molecule has 2 aromatic rings. The fourth-order valence-electron chi connectivity index (χ4n) is 3.46. The van der Waals surface area contributed by atoms with Crippen molar-refractivity contribution in [2.24, 2.45) is 0 Å². The predicted molar refractivity (Wildman–Crippen MR) is 100 cm³/mol. The van der Waals surface area contributed by atoms with Crippen LogP contribution in [0.15, 0.2) is 59.8 Å². The van der Waals surface area contributed by atoms with Crippen LogP contribution >= 0.6 is 0 Å². The molecule has 0 radical (unpaired) electrons. The lowest BCUT2D eigenvalue weighted by molar-refractivity contribution is -0.140. The second kappa shape index (κ2) is 8.33. The van der Waals surface area contributed by atoms with Crippen LogP contribution in [0.25, 0.3) is 0 Å². The SMILES string of the molecule is CCOC(=O)C1=C(C)N(Cc2ccc(F)cc2)C(=O)C[C@@H]1c1cccc(F)c1. The molecule has 1 atom stereocenters. The Morgan fingerprint density at radius 1 is 1.14 bits per heavy atom. The molecule has 1 heterocycles. The summed E-state index contributed by atoms with van der Waals surface area (Å²) in [7, 11) is 0. The molecule has 1 aliphatic rings. The minimum atomic E-state index is -0.577. The van der Waals surface area contributed by atoms with Gasteiger partial charge in [0.15, 0.2) is 0 Å². The van der Waals surface area contributed by atoms with E-state index < -0.39 is 17.7 Å². The smallest absolute Gasteiger partial charge is 0.336 e. The molecule has 28 heavy (non-hydrogen) atoms. The zero-order chi connectivity index (χ0) is 20.3. The number of amides is 1. The maximum atomic E-state index is 13.7. The van der Waals surface area contributed by atoms with Crippen LogP contribution < -0.4 is 0 Å². The summed E-state index contributed by atoms with van der Waals surface area (Å²) < 4.78 is 32.1. The van der Waals surface area contributed by atoms with Crippen molar-refractivity contribution >= 4 is 11.9 Å². The lowest BCUT2D eigenvalue weighted by Gasteiger charge is -2.34. The van der Waals surface area contributed by atoms with Crippen LogP contribution in [0, 0.1) is 11.6 Å². The fraction of sp³-hybridized carbons (Fsp3) is 0.273. The van der Waals surface area contributed by atoms with E-state index in [0.717, 1.165) is 5.56 Å². The van der Waals surface area contributed by atoms with E-state index in [1.165, 1.54) is 29.2 Å². The van der Waals surface area contributed by atoms with Crippen LogP contribution in [-0.2, 0) is 20.9 Å². The maximum Gasteiger partial charge on any atom is 0.336 e. The number of carbonyl (C=O) groups excluding carboxylic acids is 2. The highest BCUT2D eigenvalue weighted by atomic mass is 19.1. The number of hydrogen-bond donors (Lipinski definition) is 0. The van der Waals surface area contributed by atoms with Gasteiger partial charge in [-0.2, -0.15) is 0 Å². The second-order valence-corrected chi connectivity index (χ2v) is 6.64. The van der Waals surface area contributed by atoms with Crippen molar-refractivity contribution in [3.8, 4) is 0 Å². The predicted octanol–water partition coefficient (Wildman–Crippen LogP) is 4.32. The molecule has 6 heteroatoms. The highest BCUT2D eigenvalue weighted by Gasteiger charge is 2.37. The zero-order valence-corrected chi connectivity index (χ0v) is 15.7. The third-order valence-corrected chi connectivity index (χ3v) is 4.82. The molecule has 4 nitrogen and oxygen atoms in total. The van der Waals surface area contributed by atoms with E-state index in [-0.39, 0.29) is 31.3 Å². The molecular weight excluding hydrogens is 364 g/mol. The summed E-state index contributed by atoms with van der Waals surface area (Å²) in [5.41, 5.74) is 2.10. The van der Waals surface area contributed by atoms with Crippen molar-refractivity contribution in [3.05, 3.63) is 82.6 Å². The lowest BCUT2D eigenvalue weighted by Crippen LogP contribution is -2.38. The van der Waals surface area contributed by atoms with E-state index in [1.807, 2.05) is 0 Å². The van der Waals surface area contributed by atoms with Gasteiger partial charge in [-0.3, -0.25) is 4.79 Å². The first-order valence-corrected chi connectivity index (χ1v) is 9.08. The van der Waals surface area contributed by atoms with Crippen LogP contribution in [-0.4, -0.2) is 23.4 Å². The highest BCUT2D eigenvalue weighted by molar-refractivity contribution is 5.95. The van der Waals surface area contributed by atoms with Crippen molar-refractivity contribution in [2.45, 2.75) is 32.7 Å².